The van der Waals surface area contributed by atoms with E-state index in [9.17, 15) is 0 Å². The average Bonchev–Trinajstić information content (AvgIpc) is 2.79. The van der Waals surface area contributed by atoms with E-state index in [0.717, 1.165) is 25.9 Å². The van der Waals surface area contributed by atoms with Crippen LogP contribution in [0, 0.1) is 5.92 Å². The molecular formula is C18H36O3Si. The molecule has 1 heterocycles. The van der Waals surface area contributed by atoms with Crippen LogP contribution in [0.25, 0.3) is 0 Å². The zero-order valence-electron chi connectivity index (χ0n) is 15.8. The maximum absolute atomic E-state index is 6.31. The highest BCUT2D eigenvalue weighted by Crippen LogP contribution is 2.37. The number of allylic oxidation sites excluding steroid dienone is 1. The van der Waals surface area contributed by atoms with E-state index in [0.29, 0.717) is 19.1 Å². The molecule has 3 nitrogen and oxygen atoms in total. The molecule has 0 bridgehead atoms. The Morgan fingerprint density at radius 3 is 2.23 bits per heavy atom. The minimum atomic E-state index is -1.65. The van der Waals surface area contributed by atoms with Crippen molar-refractivity contribution < 1.29 is 13.9 Å². The highest BCUT2D eigenvalue weighted by atomic mass is 28.4. The highest BCUT2D eigenvalue weighted by Gasteiger charge is 2.37. The zero-order chi connectivity index (χ0) is 17.0. The SMILES string of the molecule is C=C(C)[C@H](CCO[Si](C)(C)C(C)(C)C)CCC1(C)OCCO1. The molecule has 0 radical (unpaired) electrons. The van der Waals surface area contributed by atoms with Crippen LogP contribution < -0.4 is 0 Å². The van der Waals surface area contributed by atoms with Gasteiger partial charge < -0.3 is 13.9 Å². The predicted molar refractivity (Wildman–Crippen MR) is 95.6 cm³/mol. The van der Waals surface area contributed by atoms with E-state index in [1.165, 1.54) is 5.57 Å². The van der Waals surface area contributed by atoms with E-state index in [1.807, 2.05) is 6.92 Å². The van der Waals surface area contributed by atoms with E-state index in [4.69, 9.17) is 13.9 Å². The molecule has 0 aromatic heterocycles. The first-order valence-corrected chi connectivity index (χ1v) is 11.4. The Kier molecular flexibility index (Phi) is 6.87. The van der Waals surface area contributed by atoms with Crippen molar-refractivity contribution in [1.82, 2.24) is 0 Å². The van der Waals surface area contributed by atoms with Gasteiger partial charge in [0.05, 0.1) is 13.2 Å². The summed E-state index contributed by atoms with van der Waals surface area (Å²) in [7, 11) is -1.65. The molecule has 1 rings (SSSR count). The number of rotatable bonds is 8. The van der Waals surface area contributed by atoms with Gasteiger partial charge in [0, 0.05) is 13.0 Å². The third-order valence-corrected chi connectivity index (χ3v) is 9.82. The molecule has 130 valence electrons. The number of ether oxygens (including phenoxy) is 2. The van der Waals surface area contributed by atoms with Crippen molar-refractivity contribution >= 4 is 8.32 Å². The molecule has 1 aliphatic rings. The van der Waals surface area contributed by atoms with Crippen LogP contribution >= 0.6 is 0 Å². The summed E-state index contributed by atoms with van der Waals surface area (Å²) in [4.78, 5) is 0. The maximum Gasteiger partial charge on any atom is 0.191 e. The second-order valence-electron chi connectivity index (χ2n) is 8.31. The summed E-state index contributed by atoms with van der Waals surface area (Å²) in [6.07, 6.45) is 3.01. The lowest BCUT2D eigenvalue weighted by atomic mass is 9.91. The van der Waals surface area contributed by atoms with E-state index >= 15 is 0 Å². The van der Waals surface area contributed by atoms with Gasteiger partial charge in [-0.25, -0.2) is 0 Å². The van der Waals surface area contributed by atoms with Crippen molar-refractivity contribution in [2.24, 2.45) is 5.92 Å². The Labute approximate surface area is 138 Å². The fourth-order valence-electron chi connectivity index (χ4n) is 2.45. The minimum Gasteiger partial charge on any atom is -0.417 e. The second kappa shape index (κ2) is 7.60. The fourth-order valence-corrected chi connectivity index (χ4v) is 3.51. The summed E-state index contributed by atoms with van der Waals surface area (Å²) in [6, 6.07) is 0. The van der Waals surface area contributed by atoms with Crippen LogP contribution in [0.15, 0.2) is 12.2 Å². The van der Waals surface area contributed by atoms with Gasteiger partial charge in [0.2, 0.25) is 0 Å². The number of hydrogen-bond acceptors (Lipinski definition) is 3. The Hall–Kier alpha value is -0.163. The van der Waals surface area contributed by atoms with Gasteiger partial charge in [0.15, 0.2) is 14.1 Å². The van der Waals surface area contributed by atoms with E-state index < -0.39 is 14.1 Å². The third kappa shape index (κ3) is 5.80. The van der Waals surface area contributed by atoms with E-state index in [2.05, 4.69) is 47.4 Å². The Balaban J connectivity index is 2.43. The first-order chi connectivity index (χ1) is 9.97. The van der Waals surface area contributed by atoms with E-state index in [1.54, 1.807) is 0 Å². The lowest BCUT2D eigenvalue weighted by Gasteiger charge is -2.36. The van der Waals surface area contributed by atoms with Crippen molar-refractivity contribution in [3.63, 3.8) is 0 Å². The largest absolute Gasteiger partial charge is 0.417 e. The standard InChI is InChI=1S/C18H36O3Si/c1-15(2)16(9-11-18(6)19-13-14-20-18)10-12-21-22(7,8)17(3,4)5/h16H,1,9-14H2,2-8H3/t16-/m0/s1. The molecule has 1 atom stereocenters. The molecule has 0 aromatic carbocycles. The first-order valence-electron chi connectivity index (χ1n) is 8.54. The summed E-state index contributed by atoms with van der Waals surface area (Å²) in [5.74, 6) is 0.0861. The Bertz CT molecular complexity index is 365. The molecule has 0 spiro atoms. The molecule has 1 fully saturated rings. The lowest BCUT2D eigenvalue weighted by Crippen LogP contribution is -2.41. The zero-order valence-corrected chi connectivity index (χ0v) is 16.8. The average molecular weight is 329 g/mol. The highest BCUT2D eigenvalue weighted by molar-refractivity contribution is 6.74. The van der Waals surface area contributed by atoms with Gasteiger partial charge in [0.25, 0.3) is 0 Å². The third-order valence-electron chi connectivity index (χ3n) is 5.28. The molecule has 0 unspecified atom stereocenters. The predicted octanol–water partition coefficient (Wildman–Crippen LogP) is 5.13. The molecular weight excluding hydrogens is 292 g/mol. The van der Waals surface area contributed by atoms with Crippen molar-refractivity contribution in [2.75, 3.05) is 19.8 Å². The number of hydrogen-bond donors (Lipinski definition) is 0. The van der Waals surface area contributed by atoms with Gasteiger partial charge in [-0.1, -0.05) is 32.9 Å². The van der Waals surface area contributed by atoms with Crippen LogP contribution in [0.2, 0.25) is 18.1 Å². The van der Waals surface area contributed by atoms with Crippen molar-refractivity contribution in [1.29, 1.82) is 0 Å². The molecule has 4 heteroatoms. The molecule has 1 aliphatic heterocycles. The summed E-state index contributed by atoms with van der Waals surface area (Å²) >= 11 is 0. The summed E-state index contributed by atoms with van der Waals surface area (Å²) < 4.78 is 17.7. The van der Waals surface area contributed by atoms with Crippen LogP contribution in [0.5, 0.6) is 0 Å². The van der Waals surface area contributed by atoms with Crippen LogP contribution in [-0.2, 0) is 13.9 Å². The first kappa shape index (κ1) is 19.9. The molecule has 0 saturated carbocycles. The van der Waals surface area contributed by atoms with Crippen LogP contribution in [0.4, 0.5) is 0 Å². The summed E-state index contributed by atoms with van der Waals surface area (Å²) in [5.41, 5.74) is 1.24. The molecule has 22 heavy (non-hydrogen) atoms. The second-order valence-corrected chi connectivity index (χ2v) is 13.1. The normalized spacial score (nSPS) is 20.1. The Morgan fingerprint density at radius 1 is 1.23 bits per heavy atom. The fraction of sp³-hybridized carbons (Fsp3) is 0.889. The molecule has 0 aliphatic carbocycles. The van der Waals surface area contributed by atoms with Gasteiger partial charge in [-0.15, -0.1) is 0 Å². The van der Waals surface area contributed by atoms with Crippen LogP contribution in [-0.4, -0.2) is 33.9 Å². The van der Waals surface area contributed by atoms with Crippen molar-refractivity contribution in [3.05, 3.63) is 12.2 Å². The maximum atomic E-state index is 6.31. The monoisotopic (exact) mass is 328 g/mol. The molecule has 0 N–H and O–H groups in total. The van der Waals surface area contributed by atoms with Gasteiger partial charge in [-0.05, 0) is 50.7 Å². The Morgan fingerprint density at radius 2 is 1.77 bits per heavy atom. The van der Waals surface area contributed by atoms with Crippen LogP contribution in [0.3, 0.4) is 0 Å². The quantitative estimate of drug-likeness (QED) is 0.456. The van der Waals surface area contributed by atoms with Crippen molar-refractivity contribution in [3.8, 4) is 0 Å². The molecule has 1 saturated heterocycles. The summed E-state index contributed by atoms with van der Waals surface area (Å²) in [6.45, 7) is 22.0. The topological polar surface area (TPSA) is 27.7 Å². The summed E-state index contributed by atoms with van der Waals surface area (Å²) in [5, 5.41) is 0.269. The van der Waals surface area contributed by atoms with Crippen molar-refractivity contribution in [2.45, 2.75) is 77.8 Å². The van der Waals surface area contributed by atoms with Crippen LogP contribution in [0.1, 0.15) is 53.9 Å². The molecule has 0 aromatic rings. The van der Waals surface area contributed by atoms with Gasteiger partial charge in [-0.3, -0.25) is 0 Å². The lowest BCUT2D eigenvalue weighted by molar-refractivity contribution is -0.148. The minimum absolute atomic E-state index is 0.269. The van der Waals surface area contributed by atoms with Gasteiger partial charge in [-0.2, -0.15) is 0 Å². The smallest absolute Gasteiger partial charge is 0.191 e. The van der Waals surface area contributed by atoms with E-state index in [-0.39, 0.29) is 5.04 Å². The molecule has 0 amide bonds. The van der Waals surface area contributed by atoms with Gasteiger partial charge in [0.1, 0.15) is 0 Å². The van der Waals surface area contributed by atoms with Gasteiger partial charge >= 0.3 is 0 Å².